The van der Waals surface area contributed by atoms with Crippen molar-refractivity contribution in [3.05, 3.63) is 40.3 Å². The molecule has 0 spiro atoms. The smallest absolute Gasteiger partial charge is 0.319 e. The van der Waals surface area contributed by atoms with Crippen LogP contribution in [0.25, 0.3) is 10.4 Å². The van der Waals surface area contributed by atoms with Gasteiger partial charge in [-0.05, 0) is 36.9 Å². The maximum atomic E-state index is 11.7. The van der Waals surface area contributed by atoms with Gasteiger partial charge in [-0.1, -0.05) is 29.7 Å². The summed E-state index contributed by atoms with van der Waals surface area (Å²) in [5.41, 5.74) is 15.8. The molecule has 0 fully saturated rings. The molecule has 0 aliphatic rings. The molecule has 1 aromatic carbocycles. The average molecular weight is 290 g/mol. The van der Waals surface area contributed by atoms with E-state index in [9.17, 15) is 4.79 Å². The van der Waals surface area contributed by atoms with E-state index in [1.54, 1.807) is 0 Å². The van der Waals surface area contributed by atoms with Gasteiger partial charge in [0.15, 0.2) is 0 Å². The monoisotopic (exact) mass is 290 g/mol. The van der Waals surface area contributed by atoms with Gasteiger partial charge in [-0.3, -0.25) is 0 Å². The van der Waals surface area contributed by atoms with Crippen LogP contribution >= 0.6 is 0 Å². The Balaban J connectivity index is 2.14. The van der Waals surface area contributed by atoms with E-state index in [0.29, 0.717) is 13.1 Å². The van der Waals surface area contributed by atoms with Gasteiger partial charge >= 0.3 is 6.03 Å². The molecule has 1 rings (SSSR count). The normalized spacial score (nSPS) is 11.3. The number of nitrogens with one attached hydrogen (secondary N) is 2. The quantitative estimate of drug-likeness (QED) is 0.295. The number of unbranched alkanes of at least 4 members (excludes halogenated alkanes) is 1. The van der Waals surface area contributed by atoms with Crippen molar-refractivity contribution < 1.29 is 4.79 Å². The number of nitrogens with zero attached hydrogens (tertiary/aromatic N) is 3. The Bertz CT molecular complexity index is 498. The number of hydrogen-bond acceptors (Lipinski definition) is 3. The standard InChI is InChI=1S/C14H22N6O/c1-11-6-2-3-8-13(11)19-14(21)17-9-5-4-7-12(15)10-18-20-16/h2-3,6,8,12H,4-5,7,9-10,15H2,1H3,(H2,17,19,21)/t12-/m0/s1. The highest BCUT2D eigenvalue weighted by Gasteiger charge is 2.04. The Morgan fingerprint density at radius 3 is 2.90 bits per heavy atom. The molecule has 7 heteroatoms. The van der Waals surface area contributed by atoms with Crippen LogP contribution in [0.4, 0.5) is 10.5 Å². The summed E-state index contributed by atoms with van der Waals surface area (Å²) < 4.78 is 0. The summed E-state index contributed by atoms with van der Waals surface area (Å²) in [6.07, 6.45) is 2.50. The van der Waals surface area contributed by atoms with Crippen molar-refractivity contribution in [1.29, 1.82) is 0 Å². The van der Waals surface area contributed by atoms with Crippen LogP contribution in [0.3, 0.4) is 0 Å². The van der Waals surface area contributed by atoms with E-state index in [4.69, 9.17) is 11.3 Å². The molecule has 2 amide bonds. The summed E-state index contributed by atoms with van der Waals surface area (Å²) in [5, 5.41) is 9.04. The third-order valence-corrected chi connectivity index (χ3v) is 3.06. The molecule has 0 radical (unpaired) electrons. The lowest BCUT2D eigenvalue weighted by Crippen LogP contribution is -2.30. The van der Waals surface area contributed by atoms with E-state index >= 15 is 0 Å². The lowest BCUT2D eigenvalue weighted by molar-refractivity contribution is 0.252. The number of anilines is 1. The van der Waals surface area contributed by atoms with Gasteiger partial charge in [-0.25, -0.2) is 4.79 Å². The van der Waals surface area contributed by atoms with Gasteiger partial charge in [0.25, 0.3) is 0 Å². The average Bonchev–Trinajstić information content (AvgIpc) is 2.47. The second-order valence-electron chi connectivity index (χ2n) is 4.87. The number of aryl methyl sites for hydroxylation is 1. The van der Waals surface area contributed by atoms with Crippen molar-refractivity contribution >= 4 is 11.7 Å². The molecule has 0 heterocycles. The molecular formula is C14H22N6O. The first kappa shape index (κ1) is 16.8. The highest BCUT2D eigenvalue weighted by molar-refractivity contribution is 5.89. The number of hydrogen-bond donors (Lipinski definition) is 3. The predicted octanol–water partition coefficient (Wildman–Crippen LogP) is 2.92. The van der Waals surface area contributed by atoms with Crippen molar-refractivity contribution in [2.24, 2.45) is 10.8 Å². The van der Waals surface area contributed by atoms with Crippen LogP contribution in [0.1, 0.15) is 24.8 Å². The van der Waals surface area contributed by atoms with Gasteiger partial charge < -0.3 is 16.4 Å². The lowest BCUT2D eigenvalue weighted by atomic mass is 10.1. The fraction of sp³-hybridized carbons (Fsp3) is 0.500. The molecule has 114 valence electrons. The Hall–Kier alpha value is -2.24. The number of benzene rings is 1. The summed E-state index contributed by atoms with van der Waals surface area (Å²) >= 11 is 0. The summed E-state index contributed by atoms with van der Waals surface area (Å²) in [7, 11) is 0. The minimum absolute atomic E-state index is 0.110. The number of para-hydroxylation sites is 1. The first-order valence-electron chi connectivity index (χ1n) is 7.00. The number of amides is 2. The van der Waals surface area contributed by atoms with Crippen LogP contribution in [0.15, 0.2) is 29.4 Å². The van der Waals surface area contributed by atoms with Crippen LogP contribution in [0.5, 0.6) is 0 Å². The summed E-state index contributed by atoms with van der Waals surface area (Å²) in [6.45, 7) is 2.85. The Morgan fingerprint density at radius 2 is 2.19 bits per heavy atom. The van der Waals surface area contributed by atoms with E-state index in [0.717, 1.165) is 30.5 Å². The number of nitrogens with two attached hydrogens (primary N) is 1. The second-order valence-corrected chi connectivity index (χ2v) is 4.87. The Morgan fingerprint density at radius 1 is 1.43 bits per heavy atom. The molecule has 1 aromatic rings. The number of carbonyl (C=O) groups is 1. The van der Waals surface area contributed by atoms with Gasteiger partial charge in [0.2, 0.25) is 0 Å². The topological polar surface area (TPSA) is 116 Å². The largest absolute Gasteiger partial charge is 0.338 e. The van der Waals surface area contributed by atoms with Crippen LogP contribution < -0.4 is 16.4 Å². The van der Waals surface area contributed by atoms with Crippen molar-refractivity contribution in [2.75, 3.05) is 18.4 Å². The zero-order chi connectivity index (χ0) is 15.5. The lowest BCUT2D eigenvalue weighted by Gasteiger charge is -2.10. The van der Waals surface area contributed by atoms with Gasteiger partial charge in [-0.2, -0.15) is 0 Å². The Kier molecular flexibility index (Phi) is 7.71. The molecule has 0 aliphatic heterocycles. The molecule has 0 aromatic heterocycles. The number of urea groups is 1. The molecule has 21 heavy (non-hydrogen) atoms. The third-order valence-electron chi connectivity index (χ3n) is 3.06. The van der Waals surface area contributed by atoms with E-state index in [-0.39, 0.29) is 12.1 Å². The minimum Gasteiger partial charge on any atom is -0.338 e. The van der Waals surface area contributed by atoms with Crippen LogP contribution in [-0.4, -0.2) is 25.2 Å². The van der Waals surface area contributed by atoms with Crippen molar-refractivity contribution in [2.45, 2.75) is 32.2 Å². The molecular weight excluding hydrogens is 268 g/mol. The van der Waals surface area contributed by atoms with Gasteiger partial charge in [-0.15, -0.1) is 0 Å². The van der Waals surface area contributed by atoms with Crippen molar-refractivity contribution in [1.82, 2.24) is 5.32 Å². The van der Waals surface area contributed by atoms with Gasteiger partial charge in [0.05, 0.1) is 0 Å². The summed E-state index contributed by atoms with van der Waals surface area (Å²) in [4.78, 5) is 14.4. The molecule has 0 bridgehead atoms. The molecule has 0 aliphatic carbocycles. The van der Waals surface area contributed by atoms with Crippen LogP contribution in [0.2, 0.25) is 0 Å². The van der Waals surface area contributed by atoms with E-state index in [1.807, 2.05) is 31.2 Å². The minimum atomic E-state index is -0.206. The van der Waals surface area contributed by atoms with Crippen LogP contribution in [-0.2, 0) is 0 Å². The maximum Gasteiger partial charge on any atom is 0.319 e. The van der Waals surface area contributed by atoms with E-state index < -0.39 is 0 Å². The zero-order valence-electron chi connectivity index (χ0n) is 12.2. The van der Waals surface area contributed by atoms with Crippen molar-refractivity contribution in [3.63, 3.8) is 0 Å². The fourth-order valence-electron chi connectivity index (χ4n) is 1.85. The molecule has 0 saturated carbocycles. The van der Waals surface area contributed by atoms with Gasteiger partial charge in [0.1, 0.15) is 0 Å². The van der Waals surface area contributed by atoms with E-state index in [1.165, 1.54) is 0 Å². The van der Waals surface area contributed by atoms with E-state index in [2.05, 4.69) is 20.7 Å². The first-order valence-corrected chi connectivity index (χ1v) is 7.00. The molecule has 4 N–H and O–H groups in total. The number of rotatable bonds is 8. The SMILES string of the molecule is Cc1ccccc1NC(=O)NCCCC[C@H](N)CN=[N+]=[N-]. The molecule has 1 atom stereocenters. The third kappa shape index (κ3) is 7.20. The maximum absolute atomic E-state index is 11.7. The Labute approximate surface area is 124 Å². The summed E-state index contributed by atoms with van der Waals surface area (Å²) in [5.74, 6) is 0. The summed E-state index contributed by atoms with van der Waals surface area (Å²) in [6, 6.07) is 7.31. The predicted molar refractivity (Wildman–Crippen MR) is 84.0 cm³/mol. The van der Waals surface area contributed by atoms with Gasteiger partial charge in [0, 0.05) is 29.7 Å². The second kappa shape index (κ2) is 9.63. The molecule has 0 unspecified atom stereocenters. The zero-order valence-corrected chi connectivity index (χ0v) is 12.2. The fourth-order valence-corrected chi connectivity index (χ4v) is 1.85. The van der Waals surface area contributed by atoms with Crippen LogP contribution in [0, 0.1) is 6.92 Å². The first-order chi connectivity index (χ1) is 10.1. The molecule has 7 nitrogen and oxygen atoms in total. The number of azide groups is 1. The number of carbonyl (C=O) groups excluding carboxylic acids is 1. The highest BCUT2D eigenvalue weighted by Crippen LogP contribution is 2.12. The highest BCUT2D eigenvalue weighted by atomic mass is 16.2. The molecule has 0 saturated heterocycles. The van der Waals surface area contributed by atoms with Crippen molar-refractivity contribution in [3.8, 4) is 0 Å².